The zero-order valence-corrected chi connectivity index (χ0v) is 15.4. The summed E-state index contributed by atoms with van der Waals surface area (Å²) in [6.45, 7) is 1.87. The molecule has 3 aromatic rings. The molecule has 0 fully saturated rings. The summed E-state index contributed by atoms with van der Waals surface area (Å²) in [5, 5.41) is 5.66. The summed E-state index contributed by atoms with van der Waals surface area (Å²) in [4.78, 5) is 12.1. The van der Waals surface area contributed by atoms with E-state index in [0.29, 0.717) is 10.8 Å². The summed E-state index contributed by atoms with van der Waals surface area (Å²) in [6, 6.07) is 18.8. The zero-order chi connectivity index (χ0) is 18.5. The van der Waals surface area contributed by atoms with Gasteiger partial charge in [-0.3, -0.25) is 4.79 Å². The van der Waals surface area contributed by atoms with Gasteiger partial charge < -0.3 is 14.8 Å². The predicted molar refractivity (Wildman–Crippen MR) is 104 cm³/mol. The lowest BCUT2D eigenvalue weighted by Gasteiger charge is -2.15. The maximum Gasteiger partial charge on any atom is 0.258 e. The smallest absolute Gasteiger partial charge is 0.258 e. The number of rotatable bonds is 6. The number of amides is 1. The van der Waals surface area contributed by atoms with E-state index in [1.807, 2.05) is 55.5 Å². The first kappa shape index (κ1) is 18.1. The molecule has 0 unspecified atom stereocenters. The van der Waals surface area contributed by atoms with Gasteiger partial charge in [-0.05, 0) is 59.7 Å². The second-order valence-corrected chi connectivity index (χ2v) is 6.44. The first-order valence-electron chi connectivity index (χ1n) is 8.30. The molecule has 0 aliphatic heterocycles. The van der Waals surface area contributed by atoms with Crippen molar-refractivity contribution in [3.63, 3.8) is 0 Å². The van der Waals surface area contributed by atoms with Crippen LogP contribution in [0.4, 0.5) is 0 Å². The number of methoxy groups -OCH3 is 1. The SMILES string of the molecule is COc1ccc2ccc(OCC(=O)N[C@@H](C)c3ccc(Cl)cc3)cc2c1. The van der Waals surface area contributed by atoms with Gasteiger partial charge in [0, 0.05) is 5.02 Å². The van der Waals surface area contributed by atoms with Crippen LogP contribution in [0.5, 0.6) is 11.5 Å². The zero-order valence-electron chi connectivity index (χ0n) is 14.7. The predicted octanol–water partition coefficient (Wildman–Crippen LogP) is 4.76. The fraction of sp³-hybridized carbons (Fsp3) is 0.190. The minimum atomic E-state index is -0.182. The van der Waals surface area contributed by atoms with Gasteiger partial charge >= 0.3 is 0 Å². The van der Waals surface area contributed by atoms with E-state index < -0.39 is 0 Å². The van der Waals surface area contributed by atoms with Crippen molar-refractivity contribution in [2.24, 2.45) is 0 Å². The lowest BCUT2D eigenvalue weighted by molar-refractivity contribution is -0.123. The fourth-order valence-corrected chi connectivity index (χ4v) is 2.81. The molecule has 0 heterocycles. The quantitative estimate of drug-likeness (QED) is 0.681. The Morgan fingerprint density at radius 1 is 1.00 bits per heavy atom. The van der Waals surface area contributed by atoms with Gasteiger partial charge in [-0.2, -0.15) is 0 Å². The average Bonchev–Trinajstić information content (AvgIpc) is 2.66. The van der Waals surface area contributed by atoms with Crippen molar-refractivity contribution in [3.05, 3.63) is 71.2 Å². The van der Waals surface area contributed by atoms with Crippen LogP contribution >= 0.6 is 11.6 Å². The van der Waals surface area contributed by atoms with E-state index in [0.717, 1.165) is 22.1 Å². The number of ether oxygens (including phenoxy) is 2. The summed E-state index contributed by atoms with van der Waals surface area (Å²) >= 11 is 5.88. The van der Waals surface area contributed by atoms with Crippen LogP contribution < -0.4 is 14.8 Å². The number of nitrogens with one attached hydrogen (secondary N) is 1. The van der Waals surface area contributed by atoms with Crippen molar-refractivity contribution in [3.8, 4) is 11.5 Å². The lowest BCUT2D eigenvalue weighted by atomic mass is 10.1. The molecule has 3 rings (SSSR count). The third-order valence-electron chi connectivity index (χ3n) is 4.14. The molecule has 0 saturated carbocycles. The molecule has 1 amide bonds. The lowest BCUT2D eigenvalue weighted by Crippen LogP contribution is -2.31. The minimum Gasteiger partial charge on any atom is -0.497 e. The third kappa shape index (κ3) is 4.46. The van der Waals surface area contributed by atoms with E-state index in [9.17, 15) is 4.79 Å². The van der Waals surface area contributed by atoms with Crippen LogP contribution in [-0.4, -0.2) is 19.6 Å². The van der Waals surface area contributed by atoms with E-state index in [1.165, 1.54) is 0 Å². The summed E-state index contributed by atoms with van der Waals surface area (Å²) in [5.41, 5.74) is 0.987. The number of hydrogen-bond acceptors (Lipinski definition) is 3. The molecule has 1 N–H and O–H groups in total. The molecule has 0 aliphatic rings. The molecule has 3 aromatic carbocycles. The molecule has 0 saturated heterocycles. The van der Waals surface area contributed by atoms with Crippen molar-refractivity contribution in [1.82, 2.24) is 5.32 Å². The van der Waals surface area contributed by atoms with Gasteiger partial charge in [0.2, 0.25) is 0 Å². The second-order valence-electron chi connectivity index (χ2n) is 6.00. The van der Waals surface area contributed by atoms with Crippen LogP contribution in [0, 0.1) is 0 Å². The van der Waals surface area contributed by atoms with Crippen molar-refractivity contribution < 1.29 is 14.3 Å². The van der Waals surface area contributed by atoms with Crippen LogP contribution in [0.1, 0.15) is 18.5 Å². The number of halogens is 1. The first-order valence-corrected chi connectivity index (χ1v) is 8.68. The van der Waals surface area contributed by atoms with Crippen LogP contribution in [0.2, 0.25) is 5.02 Å². The van der Waals surface area contributed by atoms with Crippen LogP contribution in [0.15, 0.2) is 60.7 Å². The molecule has 0 aliphatic carbocycles. The maximum atomic E-state index is 12.1. The monoisotopic (exact) mass is 369 g/mol. The Labute approximate surface area is 157 Å². The molecule has 0 spiro atoms. The summed E-state index contributed by atoms with van der Waals surface area (Å²) < 4.78 is 10.9. The van der Waals surface area contributed by atoms with E-state index in [-0.39, 0.29) is 18.6 Å². The molecule has 0 radical (unpaired) electrons. The molecule has 1 atom stereocenters. The minimum absolute atomic E-state index is 0.0482. The summed E-state index contributed by atoms with van der Waals surface area (Å²) in [5.74, 6) is 1.24. The second kappa shape index (κ2) is 8.11. The van der Waals surface area contributed by atoms with Gasteiger partial charge in [-0.15, -0.1) is 0 Å². The number of fused-ring (bicyclic) bond motifs is 1. The molecule has 5 heteroatoms. The molecule has 0 aromatic heterocycles. The van der Waals surface area contributed by atoms with Gasteiger partial charge in [0.05, 0.1) is 13.2 Å². The van der Waals surface area contributed by atoms with Gasteiger partial charge in [-0.1, -0.05) is 35.9 Å². The highest BCUT2D eigenvalue weighted by molar-refractivity contribution is 6.30. The Morgan fingerprint density at radius 3 is 2.35 bits per heavy atom. The van der Waals surface area contributed by atoms with Gasteiger partial charge in [-0.25, -0.2) is 0 Å². The number of carbonyl (C=O) groups excluding carboxylic acids is 1. The van der Waals surface area contributed by atoms with Gasteiger partial charge in [0.25, 0.3) is 5.91 Å². The molecule has 134 valence electrons. The fourth-order valence-electron chi connectivity index (χ4n) is 2.69. The van der Waals surface area contributed by atoms with Crippen molar-refractivity contribution in [2.45, 2.75) is 13.0 Å². The Kier molecular flexibility index (Phi) is 5.64. The Balaban J connectivity index is 1.60. The van der Waals surface area contributed by atoms with Crippen molar-refractivity contribution in [1.29, 1.82) is 0 Å². The average molecular weight is 370 g/mol. The summed E-state index contributed by atoms with van der Waals surface area (Å²) in [6.07, 6.45) is 0. The van der Waals surface area contributed by atoms with Crippen LogP contribution in [0.25, 0.3) is 10.8 Å². The largest absolute Gasteiger partial charge is 0.497 e. The normalized spacial score (nSPS) is 11.8. The van der Waals surface area contributed by atoms with E-state index >= 15 is 0 Å². The van der Waals surface area contributed by atoms with Gasteiger partial charge in [0.15, 0.2) is 6.61 Å². The molecule has 26 heavy (non-hydrogen) atoms. The Hall–Kier alpha value is -2.72. The van der Waals surface area contributed by atoms with E-state index in [1.54, 1.807) is 19.2 Å². The molecular weight excluding hydrogens is 350 g/mol. The highest BCUT2D eigenvalue weighted by Gasteiger charge is 2.10. The van der Waals surface area contributed by atoms with Crippen LogP contribution in [-0.2, 0) is 4.79 Å². The third-order valence-corrected chi connectivity index (χ3v) is 4.39. The first-order chi connectivity index (χ1) is 12.5. The van der Waals surface area contributed by atoms with Gasteiger partial charge in [0.1, 0.15) is 11.5 Å². The van der Waals surface area contributed by atoms with Crippen molar-refractivity contribution >= 4 is 28.3 Å². The number of benzene rings is 3. The number of hydrogen-bond donors (Lipinski definition) is 1. The van der Waals surface area contributed by atoms with E-state index in [2.05, 4.69) is 5.32 Å². The Morgan fingerprint density at radius 2 is 1.65 bits per heavy atom. The highest BCUT2D eigenvalue weighted by atomic mass is 35.5. The molecule has 0 bridgehead atoms. The van der Waals surface area contributed by atoms with E-state index in [4.69, 9.17) is 21.1 Å². The maximum absolute atomic E-state index is 12.1. The number of carbonyl (C=O) groups is 1. The van der Waals surface area contributed by atoms with Crippen molar-refractivity contribution in [2.75, 3.05) is 13.7 Å². The highest BCUT2D eigenvalue weighted by Crippen LogP contribution is 2.25. The standard InChI is InChI=1S/C21H20ClNO3/c1-14(15-3-7-18(22)8-4-15)23-21(24)13-26-20-10-6-16-5-9-19(25-2)11-17(16)12-20/h3-12,14H,13H2,1-2H3,(H,23,24)/t14-/m0/s1. The Bertz CT molecular complexity index is 909. The topological polar surface area (TPSA) is 47.6 Å². The molecule has 4 nitrogen and oxygen atoms in total. The van der Waals surface area contributed by atoms with Crippen LogP contribution in [0.3, 0.4) is 0 Å². The molecular formula is C21H20ClNO3. The summed E-state index contributed by atoms with van der Waals surface area (Å²) in [7, 11) is 1.63.